The van der Waals surface area contributed by atoms with Crippen molar-refractivity contribution in [2.75, 3.05) is 11.1 Å². The number of anilines is 2. The van der Waals surface area contributed by atoms with Gasteiger partial charge in [0.1, 0.15) is 0 Å². The highest BCUT2D eigenvalue weighted by Crippen LogP contribution is 2.30. The van der Waals surface area contributed by atoms with E-state index in [-0.39, 0.29) is 5.91 Å². The van der Waals surface area contributed by atoms with Crippen LogP contribution in [0.25, 0.3) is 0 Å². The number of carbonyl (C=O) groups is 1. The fourth-order valence-corrected chi connectivity index (χ4v) is 2.82. The van der Waals surface area contributed by atoms with Gasteiger partial charge in [-0.15, -0.1) is 0 Å². The molecular formula is C14H12Br2N2O. The Labute approximate surface area is 128 Å². The molecule has 0 fully saturated rings. The van der Waals surface area contributed by atoms with Crippen LogP contribution in [0.2, 0.25) is 0 Å². The van der Waals surface area contributed by atoms with E-state index in [0.29, 0.717) is 12.1 Å². The van der Waals surface area contributed by atoms with E-state index in [4.69, 9.17) is 5.73 Å². The van der Waals surface area contributed by atoms with Gasteiger partial charge in [-0.2, -0.15) is 0 Å². The molecule has 2 aromatic carbocycles. The van der Waals surface area contributed by atoms with E-state index in [2.05, 4.69) is 37.2 Å². The Balaban J connectivity index is 2.07. The summed E-state index contributed by atoms with van der Waals surface area (Å²) in [7, 11) is 0. The van der Waals surface area contributed by atoms with Crippen LogP contribution in [-0.2, 0) is 11.2 Å². The molecule has 2 rings (SSSR count). The maximum absolute atomic E-state index is 12.0. The molecule has 5 heteroatoms. The van der Waals surface area contributed by atoms with Gasteiger partial charge in [0.15, 0.2) is 0 Å². The molecule has 3 nitrogen and oxygen atoms in total. The lowest BCUT2D eigenvalue weighted by molar-refractivity contribution is -0.115. The molecule has 19 heavy (non-hydrogen) atoms. The van der Waals surface area contributed by atoms with E-state index in [9.17, 15) is 4.79 Å². The number of halogens is 2. The van der Waals surface area contributed by atoms with Crippen molar-refractivity contribution < 1.29 is 4.79 Å². The van der Waals surface area contributed by atoms with Gasteiger partial charge >= 0.3 is 0 Å². The van der Waals surface area contributed by atoms with Gasteiger partial charge in [-0.1, -0.05) is 18.2 Å². The molecule has 0 saturated heterocycles. The first-order chi connectivity index (χ1) is 9.06. The van der Waals surface area contributed by atoms with Gasteiger partial charge in [0.25, 0.3) is 0 Å². The zero-order chi connectivity index (χ0) is 13.8. The van der Waals surface area contributed by atoms with Crippen LogP contribution in [0.3, 0.4) is 0 Å². The molecule has 0 aliphatic heterocycles. The molecule has 0 spiro atoms. The van der Waals surface area contributed by atoms with Crippen molar-refractivity contribution in [1.29, 1.82) is 0 Å². The number of nitrogens with two attached hydrogens (primary N) is 1. The molecular weight excluding hydrogens is 372 g/mol. The van der Waals surface area contributed by atoms with Gasteiger partial charge in [-0.25, -0.2) is 0 Å². The molecule has 2 aromatic rings. The van der Waals surface area contributed by atoms with Crippen molar-refractivity contribution >= 4 is 49.1 Å². The largest absolute Gasteiger partial charge is 0.399 e. The second-order valence-corrected chi connectivity index (χ2v) is 5.77. The number of nitrogen functional groups attached to an aromatic ring is 1. The summed E-state index contributed by atoms with van der Waals surface area (Å²) in [6, 6.07) is 12.9. The minimum atomic E-state index is -0.0719. The Hall–Kier alpha value is -1.33. The highest BCUT2D eigenvalue weighted by atomic mass is 79.9. The lowest BCUT2D eigenvalue weighted by Crippen LogP contribution is -2.15. The zero-order valence-electron chi connectivity index (χ0n) is 9.99. The molecule has 0 aliphatic carbocycles. The monoisotopic (exact) mass is 382 g/mol. The number of nitrogens with one attached hydrogen (secondary N) is 1. The highest BCUT2D eigenvalue weighted by molar-refractivity contribution is 9.11. The lowest BCUT2D eigenvalue weighted by Gasteiger charge is -2.09. The molecule has 1 amide bonds. The molecule has 0 heterocycles. The standard InChI is InChI=1S/C14H12Br2N2O/c15-11-2-1-3-12(16)14(11)18-13(19)8-9-4-6-10(17)7-5-9/h1-7H,8,17H2,(H,18,19). The van der Waals surface area contributed by atoms with E-state index in [1.54, 1.807) is 12.1 Å². The van der Waals surface area contributed by atoms with Crippen LogP contribution < -0.4 is 11.1 Å². The van der Waals surface area contributed by atoms with E-state index in [1.165, 1.54) is 0 Å². The van der Waals surface area contributed by atoms with Gasteiger partial charge in [0.2, 0.25) is 5.91 Å². The van der Waals surface area contributed by atoms with Crippen LogP contribution in [0, 0.1) is 0 Å². The average molecular weight is 384 g/mol. The van der Waals surface area contributed by atoms with Crippen molar-refractivity contribution in [2.24, 2.45) is 0 Å². The van der Waals surface area contributed by atoms with E-state index < -0.39 is 0 Å². The van der Waals surface area contributed by atoms with E-state index >= 15 is 0 Å². The Morgan fingerprint density at radius 1 is 1.05 bits per heavy atom. The molecule has 0 bridgehead atoms. The maximum atomic E-state index is 12.0. The predicted molar refractivity (Wildman–Crippen MR) is 85.0 cm³/mol. The third kappa shape index (κ3) is 3.81. The smallest absolute Gasteiger partial charge is 0.228 e. The first kappa shape index (κ1) is 14.1. The van der Waals surface area contributed by atoms with Gasteiger partial charge in [0.05, 0.1) is 12.1 Å². The summed E-state index contributed by atoms with van der Waals surface area (Å²) in [5.74, 6) is -0.0719. The minimum absolute atomic E-state index is 0.0719. The van der Waals surface area contributed by atoms with Crippen molar-refractivity contribution in [2.45, 2.75) is 6.42 Å². The van der Waals surface area contributed by atoms with Crippen molar-refractivity contribution in [3.8, 4) is 0 Å². The van der Waals surface area contributed by atoms with Crippen LogP contribution in [0.4, 0.5) is 11.4 Å². The van der Waals surface area contributed by atoms with Crippen LogP contribution in [0.15, 0.2) is 51.4 Å². The van der Waals surface area contributed by atoms with Crippen LogP contribution in [0.1, 0.15) is 5.56 Å². The summed E-state index contributed by atoms with van der Waals surface area (Å²) >= 11 is 6.82. The second-order valence-electron chi connectivity index (χ2n) is 4.06. The number of carbonyl (C=O) groups excluding carboxylic acids is 1. The minimum Gasteiger partial charge on any atom is -0.399 e. The number of para-hydroxylation sites is 1. The fourth-order valence-electron chi connectivity index (χ4n) is 1.62. The van der Waals surface area contributed by atoms with Gasteiger partial charge < -0.3 is 11.1 Å². The predicted octanol–water partition coefficient (Wildman–Crippen LogP) is 3.98. The number of amides is 1. The van der Waals surface area contributed by atoms with Gasteiger partial charge in [-0.05, 0) is 61.7 Å². The lowest BCUT2D eigenvalue weighted by atomic mass is 10.1. The SMILES string of the molecule is Nc1ccc(CC(=O)Nc2c(Br)cccc2Br)cc1. The Kier molecular flexibility index (Phi) is 4.61. The van der Waals surface area contributed by atoms with Crippen molar-refractivity contribution in [1.82, 2.24) is 0 Å². The highest BCUT2D eigenvalue weighted by Gasteiger charge is 2.09. The van der Waals surface area contributed by atoms with Crippen LogP contribution in [0.5, 0.6) is 0 Å². The third-order valence-electron chi connectivity index (χ3n) is 2.57. The summed E-state index contributed by atoms with van der Waals surface area (Å²) in [5, 5.41) is 2.88. The number of hydrogen-bond acceptors (Lipinski definition) is 2. The molecule has 0 radical (unpaired) electrons. The molecule has 0 atom stereocenters. The first-order valence-electron chi connectivity index (χ1n) is 5.64. The first-order valence-corrected chi connectivity index (χ1v) is 7.23. The van der Waals surface area contributed by atoms with E-state index in [1.807, 2.05) is 30.3 Å². The summed E-state index contributed by atoms with van der Waals surface area (Å²) in [6.45, 7) is 0. The molecule has 0 aliphatic rings. The van der Waals surface area contributed by atoms with Crippen molar-refractivity contribution in [3.63, 3.8) is 0 Å². The summed E-state index contributed by atoms with van der Waals surface area (Å²) in [5.41, 5.74) is 7.96. The van der Waals surface area contributed by atoms with Gasteiger partial charge in [0, 0.05) is 14.6 Å². The Bertz CT molecular complexity index is 577. The molecule has 3 N–H and O–H groups in total. The topological polar surface area (TPSA) is 55.1 Å². The van der Waals surface area contributed by atoms with Crippen LogP contribution in [-0.4, -0.2) is 5.91 Å². The quantitative estimate of drug-likeness (QED) is 0.787. The molecule has 0 saturated carbocycles. The average Bonchev–Trinajstić information content (AvgIpc) is 2.37. The fraction of sp³-hybridized carbons (Fsp3) is 0.0714. The summed E-state index contributed by atoms with van der Waals surface area (Å²) in [4.78, 5) is 12.0. The Morgan fingerprint density at radius 3 is 2.21 bits per heavy atom. The Morgan fingerprint density at radius 2 is 1.63 bits per heavy atom. The third-order valence-corrected chi connectivity index (χ3v) is 3.89. The number of benzene rings is 2. The van der Waals surface area contributed by atoms with E-state index in [0.717, 1.165) is 20.2 Å². The zero-order valence-corrected chi connectivity index (χ0v) is 13.2. The number of rotatable bonds is 3. The van der Waals surface area contributed by atoms with Crippen LogP contribution >= 0.6 is 31.9 Å². The van der Waals surface area contributed by atoms with Crippen molar-refractivity contribution in [3.05, 3.63) is 57.0 Å². The maximum Gasteiger partial charge on any atom is 0.228 e. The summed E-state index contributed by atoms with van der Waals surface area (Å²) < 4.78 is 1.68. The summed E-state index contributed by atoms with van der Waals surface area (Å²) in [6.07, 6.45) is 0.314. The number of hydrogen-bond donors (Lipinski definition) is 2. The molecule has 98 valence electrons. The molecule has 0 aromatic heterocycles. The van der Waals surface area contributed by atoms with Gasteiger partial charge in [-0.3, -0.25) is 4.79 Å². The normalized spacial score (nSPS) is 10.2. The molecule has 0 unspecified atom stereocenters. The second kappa shape index (κ2) is 6.21.